The van der Waals surface area contributed by atoms with Crippen molar-refractivity contribution in [2.45, 2.75) is 58.4 Å². The Morgan fingerprint density at radius 2 is 2.00 bits per heavy atom. The lowest BCUT2D eigenvalue weighted by atomic mass is 10.2. The van der Waals surface area contributed by atoms with E-state index in [1.807, 2.05) is 0 Å². The van der Waals surface area contributed by atoms with Crippen LogP contribution in [-0.4, -0.2) is 25.0 Å². The summed E-state index contributed by atoms with van der Waals surface area (Å²) in [4.78, 5) is 11.4. The molecule has 3 heteroatoms. The van der Waals surface area contributed by atoms with Crippen molar-refractivity contribution in [1.29, 1.82) is 0 Å². The minimum Gasteiger partial charge on any atom is -0.356 e. The lowest BCUT2D eigenvalue weighted by molar-refractivity contribution is -0.121. The van der Waals surface area contributed by atoms with E-state index in [1.54, 1.807) is 0 Å². The number of amides is 1. The van der Waals surface area contributed by atoms with Crippen molar-refractivity contribution in [2.24, 2.45) is 5.92 Å². The molecule has 1 fully saturated rings. The van der Waals surface area contributed by atoms with Crippen LogP contribution in [0.2, 0.25) is 0 Å². The Kier molecular flexibility index (Phi) is 6.46. The average Bonchev–Trinajstić information content (AvgIpc) is 3.03. The van der Waals surface area contributed by atoms with Gasteiger partial charge in [-0.25, -0.2) is 0 Å². The van der Waals surface area contributed by atoms with Gasteiger partial charge in [0.2, 0.25) is 5.91 Å². The molecule has 0 atom stereocenters. The van der Waals surface area contributed by atoms with Gasteiger partial charge in [0, 0.05) is 19.0 Å². The molecule has 0 spiro atoms. The van der Waals surface area contributed by atoms with E-state index >= 15 is 0 Å². The molecule has 94 valence electrons. The first-order valence-electron chi connectivity index (χ1n) is 6.68. The fourth-order valence-corrected chi connectivity index (χ4v) is 1.75. The quantitative estimate of drug-likeness (QED) is 0.591. The van der Waals surface area contributed by atoms with Gasteiger partial charge in [0.1, 0.15) is 0 Å². The molecule has 1 rings (SSSR count). The topological polar surface area (TPSA) is 41.1 Å². The van der Waals surface area contributed by atoms with E-state index < -0.39 is 0 Å². The van der Waals surface area contributed by atoms with Gasteiger partial charge in [-0.1, -0.05) is 26.7 Å². The molecule has 0 heterocycles. The molecule has 0 aromatic carbocycles. The van der Waals surface area contributed by atoms with Crippen LogP contribution in [0.15, 0.2) is 0 Å². The molecule has 1 amide bonds. The smallest absolute Gasteiger partial charge is 0.220 e. The second kappa shape index (κ2) is 7.66. The monoisotopic (exact) mass is 226 g/mol. The molecule has 0 unspecified atom stereocenters. The van der Waals surface area contributed by atoms with Crippen molar-refractivity contribution >= 4 is 5.91 Å². The minimum absolute atomic E-state index is 0.210. The maximum Gasteiger partial charge on any atom is 0.220 e. The summed E-state index contributed by atoms with van der Waals surface area (Å²) >= 11 is 0. The van der Waals surface area contributed by atoms with Crippen LogP contribution < -0.4 is 10.6 Å². The molecule has 16 heavy (non-hydrogen) atoms. The Bertz CT molecular complexity index is 188. The second-order valence-electron chi connectivity index (χ2n) is 5.15. The Balaban J connectivity index is 1.82. The fourth-order valence-electron chi connectivity index (χ4n) is 1.75. The Morgan fingerprint density at radius 3 is 2.62 bits per heavy atom. The van der Waals surface area contributed by atoms with Gasteiger partial charge in [-0.15, -0.1) is 0 Å². The van der Waals surface area contributed by atoms with E-state index in [4.69, 9.17) is 0 Å². The van der Waals surface area contributed by atoms with Gasteiger partial charge in [0.05, 0.1) is 0 Å². The Hall–Kier alpha value is -0.570. The van der Waals surface area contributed by atoms with E-state index in [1.165, 1.54) is 19.3 Å². The zero-order valence-corrected chi connectivity index (χ0v) is 10.7. The van der Waals surface area contributed by atoms with Gasteiger partial charge < -0.3 is 10.6 Å². The zero-order chi connectivity index (χ0) is 11.8. The first kappa shape index (κ1) is 13.5. The number of hydrogen-bond acceptors (Lipinski definition) is 2. The lowest BCUT2D eigenvalue weighted by Gasteiger charge is -2.08. The van der Waals surface area contributed by atoms with Crippen LogP contribution in [0.5, 0.6) is 0 Å². The van der Waals surface area contributed by atoms with Crippen molar-refractivity contribution in [2.75, 3.05) is 13.1 Å². The Labute approximate surface area is 99.4 Å². The first-order chi connectivity index (χ1) is 7.68. The Morgan fingerprint density at radius 1 is 1.25 bits per heavy atom. The summed E-state index contributed by atoms with van der Waals surface area (Å²) in [6.07, 6.45) is 6.87. The molecule has 0 radical (unpaired) electrons. The highest BCUT2D eigenvalue weighted by Gasteiger charge is 2.19. The molecule has 1 aliphatic carbocycles. The van der Waals surface area contributed by atoms with Gasteiger partial charge in [0.15, 0.2) is 0 Å². The number of carbonyl (C=O) groups excluding carboxylic acids is 1. The third kappa shape index (κ3) is 7.69. The number of hydrogen-bond donors (Lipinski definition) is 2. The summed E-state index contributed by atoms with van der Waals surface area (Å²) in [6, 6.07) is 0.515. The van der Waals surface area contributed by atoms with Gasteiger partial charge in [-0.2, -0.15) is 0 Å². The van der Waals surface area contributed by atoms with E-state index in [2.05, 4.69) is 24.5 Å². The second-order valence-corrected chi connectivity index (χ2v) is 5.15. The first-order valence-corrected chi connectivity index (χ1v) is 6.68. The summed E-state index contributed by atoms with van der Waals surface area (Å²) in [5.74, 6) is 1.19. The average molecular weight is 226 g/mol. The van der Waals surface area contributed by atoms with Crippen molar-refractivity contribution in [3.8, 4) is 0 Å². The molecular weight excluding hydrogens is 200 g/mol. The normalized spacial score (nSPS) is 15.4. The predicted octanol–water partition coefficient (Wildman–Crippen LogP) is 2.07. The molecular formula is C13H26N2O. The van der Waals surface area contributed by atoms with Crippen LogP contribution in [0.3, 0.4) is 0 Å². The summed E-state index contributed by atoms with van der Waals surface area (Å²) in [5, 5.41) is 6.30. The number of nitrogens with one attached hydrogen (secondary N) is 2. The maximum atomic E-state index is 11.4. The van der Waals surface area contributed by atoms with Crippen molar-refractivity contribution < 1.29 is 4.79 Å². The van der Waals surface area contributed by atoms with Crippen LogP contribution in [0.1, 0.15) is 52.4 Å². The highest BCUT2D eigenvalue weighted by atomic mass is 16.1. The van der Waals surface area contributed by atoms with E-state index in [0.29, 0.717) is 12.5 Å². The highest BCUT2D eigenvalue weighted by Crippen LogP contribution is 2.33. The number of rotatable bonds is 9. The summed E-state index contributed by atoms with van der Waals surface area (Å²) in [5.41, 5.74) is 0. The van der Waals surface area contributed by atoms with Gasteiger partial charge in [-0.3, -0.25) is 4.79 Å². The molecule has 3 nitrogen and oxygen atoms in total. The van der Waals surface area contributed by atoms with E-state index in [9.17, 15) is 4.79 Å². The standard InChI is InChI=1S/C13H26N2O/c1-11(2)14-9-4-6-13(16)15-10-3-5-12-7-8-12/h11-12,14H,3-10H2,1-2H3,(H,15,16). The minimum atomic E-state index is 0.210. The summed E-state index contributed by atoms with van der Waals surface area (Å²) in [6.45, 7) is 6.05. The van der Waals surface area contributed by atoms with Gasteiger partial charge >= 0.3 is 0 Å². The molecule has 0 aromatic rings. The zero-order valence-electron chi connectivity index (χ0n) is 10.7. The van der Waals surface area contributed by atoms with E-state index in [0.717, 1.165) is 31.8 Å². The van der Waals surface area contributed by atoms with E-state index in [-0.39, 0.29) is 5.91 Å². The van der Waals surface area contributed by atoms with Crippen molar-refractivity contribution in [1.82, 2.24) is 10.6 Å². The SMILES string of the molecule is CC(C)NCCCC(=O)NCCCC1CC1. The molecule has 0 bridgehead atoms. The van der Waals surface area contributed by atoms with Crippen LogP contribution in [0.25, 0.3) is 0 Å². The number of carbonyl (C=O) groups is 1. The lowest BCUT2D eigenvalue weighted by Crippen LogP contribution is -2.27. The molecule has 1 saturated carbocycles. The third-order valence-corrected chi connectivity index (χ3v) is 2.94. The maximum absolute atomic E-state index is 11.4. The molecule has 1 aliphatic rings. The molecule has 2 N–H and O–H groups in total. The van der Waals surface area contributed by atoms with Crippen LogP contribution in [0, 0.1) is 5.92 Å². The summed E-state index contributed by atoms with van der Waals surface area (Å²) < 4.78 is 0. The highest BCUT2D eigenvalue weighted by molar-refractivity contribution is 5.75. The van der Waals surface area contributed by atoms with Crippen LogP contribution in [0.4, 0.5) is 0 Å². The van der Waals surface area contributed by atoms with Crippen molar-refractivity contribution in [3.05, 3.63) is 0 Å². The summed E-state index contributed by atoms with van der Waals surface area (Å²) in [7, 11) is 0. The largest absolute Gasteiger partial charge is 0.356 e. The molecule has 0 aliphatic heterocycles. The van der Waals surface area contributed by atoms with Crippen LogP contribution in [-0.2, 0) is 4.79 Å². The molecule has 0 saturated heterocycles. The third-order valence-electron chi connectivity index (χ3n) is 2.94. The fraction of sp³-hybridized carbons (Fsp3) is 0.923. The molecule has 0 aromatic heterocycles. The predicted molar refractivity (Wildman–Crippen MR) is 67.3 cm³/mol. The van der Waals surface area contributed by atoms with Crippen LogP contribution >= 0.6 is 0 Å². The van der Waals surface area contributed by atoms with Gasteiger partial charge in [-0.05, 0) is 31.7 Å². The van der Waals surface area contributed by atoms with Crippen molar-refractivity contribution in [3.63, 3.8) is 0 Å². The van der Waals surface area contributed by atoms with Gasteiger partial charge in [0.25, 0.3) is 0 Å².